The van der Waals surface area contributed by atoms with Gasteiger partial charge in [-0.2, -0.15) is 0 Å². The Morgan fingerprint density at radius 2 is 0.750 bits per heavy atom. The molecular weight excluding hydrogens is 587 g/mol. The summed E-state index contributed by atoms with van der Waals surface area (Å²) >= 11 is 0. The molecule has 2 aromatic heterocycles. The van der Waals surface area contributed by atoms with Crippen molar-refractivity contribution in [2.24, 2.45) is 0 Å². The topological polar surface area (TPSA) is 51.8 Å². The number of aromatic nitrogens is 3. The van der Waals surface area contributed by atoms with E-state index in [1.54, 1.807) is 0 Å². The van der Waals surface area contributed by atoms with Gasteiger partial charge in [0.05, 0.1) is 5.41 Å². The lowest BCUT2D eigenvalue weighted by Gasteiger charge is -2.30. The zero-order valence-corrected chi connectivity index (χ0v) is 25.8. The molecule has 0 saturated carbocycles. The van der Waals surface area contributed by atoms with Crippen LogP contribution in [0.25, 0.3) is 67.9 Å². The zero-order chi connectivity index (χ0) is 31.7. The van der Waals surface area contributed by atoms with Crippen LogP contribution in [0.4, 0.5) is 0 Å². The van der Waals surface area contributed by atoms with Gasteiger partial charge in [0.2, 0.25) is 0 Å². The highest BCUT2D eigenvalue weighted by atomic mass is 16.3. The Morgan fingerprint density at radius 1 is 0.354 bits per heavy atom. The van der Waals surface area contributed by atoms with Gasteiger partial charge in [0, 0.05) is 27.8 Å². The molecule has 0 atom stereocenters. The predicted octanol–water partition coefficient (Wildman–Crippen LogP) is 10.5. The van der Waals surface area contributed by atoms with Crippen molar-refractivity contribution in [3.63, 3.8) is 0 Å². The Morgan fingerprint density at radius 3 is 1.27 bits per heavy atom. The summed E-state index contributed by atoms with van der Waals surface area (Å²) in [5, 5.41) is 0. The number of rotatable bonds is 4. The Labute approximate surface area is 278 Å². The molecule has 224 valence electrons. The van der Waals surface area contributed by atoms with Crippen LogP contribution in [0.3, 0.4) is 0 Å². The van der Waals surface area contributed by atoms with Crippen LogP contribution in [0.1, 0.15) is 22.3 Å². The molecule has 0 bridgehead atoms. The molecular formula is C44H27N3O. The Kier molecular flexibility index (Phi) is 5.75. The number of hydrogen-bond donors (Lipinski definition) is 0. The zero-order valence-electron chi connectivity index (χ0n) is 25.8. The van der Waals surface area contributed by atoms with Crippen LogP contribution in [-0.4, -0.2) is 15.0 Å². The summed E-state index contributed by atoms with van der Waals surface area (Å²) in [5.41, 5.74) is 11.7. The van der Waals surface area contributed by atoms with E-state index in [0.717, 1.165) is 39.1 Å². The third-order valence-electron chi connectivity index (χ3n) is 9.77. The molecule has 0 fully saturated rings. The second-order valence-corrected chi connectivity index (χ2v) is 12.3. The lowest BCUT2D eigenvalue weighted by atomic mass is 9.70. The summed E-state index contributed by atoms with van der Waals surface area (Å²) in [4.78, 5) is 15.4. The third kappa shape index (κ3) is 3.68. The number of nitrogens with zero attached hydrogens (tertiary/aromatic N) is 3. The van der Waals surface area contributed by atoms with E-state index in [-0.39, 0.29) is 0 Å². The molecule has 0 N–H and O–H groups in total. The van der Waals surface area contributed by atoms with E-state index in [0.29, 0.717) is 23.2 Å². The van der Waals surface area contributed by atoms with E-state index in [1.165, 1.54) is 27.8 Å². The van der Waals surface area contributed by atoms with Gasteiger partial charge in [-0.3, -0.25) is 0 Å². The lowest BCUT2D eigenvalue weighted by Crippen LogP contribution is -2.26. The first-order valence-electron chi connectivity index (χ1n) is 16.2. The van der Waals surface area contributed by atoms with Crippen molar-refractivity contribution < 1.29 is 4.42 Å². The van der Waals surface area contributed by atoms with Crippen LogP contribution < -0.4 is 0 Å². The number of fused-ring (bicyclic) bond motifs is 10. The molecule has 2 heterocycles. The van der Waals surface area contributed by atoms with Crippen LogP contribution >= 0.6 is 0 Å². The summed E-state index contributed by atoms with van der Waals surface area (Å²) in [6, 6.07) is 57.0. The summed E-state index contributed by atoms with van der Waals surface area (Å²) < 4.78 is 7.16. The SMILES string of the molecule is c1ccc(-c2nc(-c3ccccc3)nc(-c3oc(-c4ccccc4)c4c3C3(c5ccccc5-c5ccccc53)c3ccccc3-4)n2)cc1. The minimum Gasteiger partial charge on any atom is -0.452 e. The van der Waals surface area contributed by atoms with Gasteiger partial charge in [0.1, 0.15) is 5.76 Å². The molecule has 4 nitrogen and oxygen atoms in total. The first kappa shape index (κ1) is 26.8. The van der Waals surface area contributed by atoms with Gasteiger partial charge in [-0.15, -0.1) is 0 Å². The number of furan rings is 1. The van der Waals surface area contributed by atoms with Crippen LogP contribution in [0, 0.1) is 0 Å². The molecule has 2 aliphatic carbocycles. The van der Waals surface area contributed by atoms with Crippen molar-refractivity contribution in [1.29, 1.82) is 0 Å². The minimum atomic E-state index is -0.628. The van der Waals surface area contributed by atoms with Crippen LogP contribution in [0.15, 0.2) is 168 Å². The van der Waals surface area contributed by atoms with Crippen molar-refractivity contribution in [3.8, 4) is 67.9 Å². The van der Waals surface area contributed by atoms with Crippen LogP contribution in [0.2, 0.25) is 0 Å². The van der Waals surface area contributed by atoms with Crippen molar-refractivity contribution in [2.45, 2.75) is 5.41 Å². The third-order valence-corrected chi connectivity index (χ3v) is 9.77. The summed E-state index contributed by atoms with van der Waals surface area (Å²) in [6.07, 6.45) is 0. The Hall–Kier alpha value is -6.39. The maximum absolute atomic E-state index is 7.16. The smallest absolute Gasteiger partial charge is 0.200 e. The van der Waals surface area contributed by atoms with Crippen LogP contribution in [0.5, 0.6) is 0 Å². The maximum atomic E-state index is 7.16. The van der Waals surface area contributed by atoms with Gasteiger partial charge in [-0.05, 0) is 33.4 Å². The van der Waals surface area contributed by atoms with Crippen molar-refractivity contribution in [3.05, 3.63) is 186 Å². The van der Waals surface area contributed by atoms with Gasteiger partial charge < -0.3 is 4.42 Å². The van der Waals surface area contributed by atoms with Gasteiger partial charge in [0.15, 0.2) is 23.2 Å². The Bertz CT molecular complexity index is 2400. The highest BCUT2D eigenvalue weighted by Gasteiger charge is 2.55. The normalized spacial score (nSPS) is 13.2. The molecule has 1 spiro atoms. The fourth-order valence-corrected chi connectivity index (χ4v) is 7.86. The molecule has 0 aliphatic heterocycles. The monoisotopic (exact) mass is 613 g/mol. The molecule has 0 radical (unpaired) electrons. The average Bonchev–Trinajstić information content (AvgIpc) is 3.81. The maximum Gasteiger partial charge on any atom is 0.200 e. The molecule has 0 saturated heterocycles. The molecule has 8 aromatic rings. The predicted molar refractivity (Wildman–Crippen MR) is 190 cm³/mol. The van der Waals surface area contributed by atoms with E-state index >= 15 is 0 Å². The van der Waals surface area contributed by atoms with Gasteiger partial charge in [0.25, 0.3) is 0 Å². The average molecular weight is 614 g/mol. The fourth-order valence-electron chi connectivity index (χ4n) is 7.86. The highest BCUT2D eigenvalue weighted by molar-refractivity contribution is 6.01. The van der Waals surface area contributed by atoms with E-state index in [4.69, 9.17) is 19.4 Å². The number of hydrogen-bond acceptors (Lipinski definition) is 4. The summed E-state index contributed by atoms with van der Waals surface area (Å²) in [7, 11) is 0. The van der Waals surface area contributed by atoms with Crippen molar-refractivity contribution >= 4 is 0 Å². The summed E-state index contributed by atoms with van der Waals surface area (Å²) in [6.45, 7) is 0. The molecule has 6 aromatic carbocycles. The van der Waals surface area contributed by atoms with Crippen molar-refractivity contribution in [1.82, 2.24) is 15.0 Å². The minimum absolute atomic E-state index is 0.509. The molecule has 10 rings (SSSR count). The largest absolute Gasteiger partial charge is 0.452 e. The van der Waals surface area contributed by atoms with Gasteiger partial charge in [-0.25, -0.2) is 15.0 Å². The lowest BCUT2D eigenvalue weighted by molar-refractivity contribution is 0.582. The number of benzene rings is 6. The van der Waals surface area contributed by atoms with Gasteiger partial charge in [-0.1, -0.05) is 164 Å². The highest BCUT2D eigenvalue weighted by Crippen LogP contribution is 2.66. The van der Waals surface area contributed by atoms with E-state index in [9.17, 15) is 0 Å². The van der Waals surface area contributed by atoms with Gasteiger partial charge >= 0.3 is 0 Å². The van der Waals surface area contributed by atoms with Crippen molar-refractivity contribution in [2.75, 3.05) is 0 Å². The first-order chi connectivity index (χ1) is 23.8. The Balaban J connectivity index is 1.37. The van der Waals surface area contributed by atoms with E-state index in [1.807, 2.05) is 66.7 Å². The molecule has 2 aliphatic rings. The first-order valence-corrected chi connectivity index (χ1v) is 16.2. The molecule has 0 amide bonds. The van der Waals surface area contributed by atoms with E-state index in [2.05, 4.69) is 97.1 Å². The standard InChI is InChI=1S/C44H27N3O/c1-4-16-28(17-5-1)39-37-33-24-12-15-27-36(33)44(34-25-13-10-22-31(34)32-23-11-14-26-35(32)44)38(37)40(48-39)43-46-41(29-18-6-2-7-19-29)45-42(47-43)30-20-8-3-9-21-30/h1-27H. The molecule has 48 heavy (non-hydrogen) atoms. The van der Waals surface area contributed by atoms with E-state index < -0.39 is 5.41 Å². The molecule has 0 unspecified atom stereocenters. The second-order valence-electron chi connectivity index (χ2n) is 12.3. The fraction of sp³-hybridized carbons (Fsp3) is 0.0227. The quantitative estimate of drug-likeness (QED) is 0.198. The molecule has 4 heteroatoms. The summed E-state index contributed by atoms with van der Waals surface area (Å²) in [5.74, 6) is 3.18. The van der Waals surface area contributed by atoms with Crippen LogP contribution in [-0.2, 0) is 5.41 Å². The second kappa shape index (κ2) is 10.3.